The highest BCUT2D eigenvalue weighted by Gasteiger charge is 2.33. The number of aryl methyl sites for hydroxylation is 13. The quantitative estimate of drug-likeness (QED) is 0.135. The topological polar surface area (TPSA) is 150 Å². The van der Waals surface area contributed by atoms with Crippen molar-refractivity contribution in [3.63, 3.8) is 0 Å². The van der Waals surface area contributed by atoms with Crippen molar-refractivity contribution >= 4 is 197 Å². The molecular formula is C135H117N10O5+5. The fraction of sp³-hybridized carbons (Fsp3) is 0.170. The highest BCUT2D eigenvalue weighted by Crippen LogP contribution is 2.49. The van der Waals surface area contributed by atoms with Gasteiger partial charge < -0.3 is 22.1 Å². The van der Waals surface area contributed by atoms with E-state index < -0.39 is 18.6 Å². The van der Waals surface area contributed by atoms with E-state index in [0.29, 0.717) is 17.1 Å². The molecule has 0 bridgehead atoms. The monoisotopic (exact) mass is 1960 g/mol. The molecule has 0 aliphatic carbocycles. The molecule has 28 rings (SSSR count). The second-order valence-electron chi connectivity index (χ2n) is 40.9. The number of hydrogen-bond donors (Lipinski definition) is 0. The van der Waals surface area contributed by atoms with Gasteiger partial charge in [-0.05, 0) is 201 Å². The summed E-state index contributed by atoms with van der Waals surface area (Å²) in [5.41, 5.74) is 36.5. The molecule has 0 spiro atoms. The van der Waals surface area contributed by atoms with E-state index in [-0.39, 0.29) is 0 Å². The Morgan fingerprint density at radius 2 is 0.573 bits per heavy atom. The lowest BCUT2D eigenvalue weighted by molar-refractivity contribution is -0.660. The minimum Gasteiger partial charge on any atom is -0.453 e. The summed E-state index contributed by atoms with van der Waals surface area (Å²) < 4.78 is 84.1. The van der Waals surface area contributed by atoms with E-state index in [2.05, 4.69) is 334 Å². The van der Waals surface area contributed by atoms with Gasteiger partial charge >= 0.3 is 0 Å². The van der Waals surface area contributed by atoms with Crippen molar-refractivity contribution in [2.75, 3.05) is 0 Å². The predicted octanol–water partition coefficient (Wildman–Crippen LogP) is 32.7. The molecule has 15 heterocycles. The molecule has 15 nitrogen and oxygen atoms in total. The maximum atomic E-state index is 8.56. The number of aromatic nitrogens is 10. The molecule has 0 radical (unpaired) electrons. The van der Waals surface area contributed by atoms with E-state index in [9.17, 15) is 0 Å². The molecule has 15 heteroatoms. The molecule has 0 aliphatic rings. The third-order valence-corrected chi connectivity index (χ3v) is 30.7. The first kappa shape index (κ1) is 88.9. The largest absolute Gasteiger partial charge is 0.453 e. The summed E-state index contributed by atoms with van der Waals surface area (Å²) >= 11 is 0. The van der Waals surface area contributed by atoms with Crippen LogP contribution >= 0.6 is 0 Å². The van der Waals surface area contributed by atoms with Crippen LogP contribution in [0.15, 0.2) is 351 Å². The summed E-state index contributed by atoms with van der Waals surface area (Å²) in [5.74, 6) is -1.89. The maximum Gasteiger partial charge on any atom is 0.224 e. The van der Waals surface area contributed by atoms with Gasteiger partial charge in [0, 0.05) is 160 Å². The van der Waals surface area contributed by atoms with E-state index in [4.69, 9.17) is 53.9 Å². The standard InChI is InChI=1S/C31H29N2O.C29H25N2O.C26H19N2O.C26H25N2O.C23H19N2O/c1-17(2)21-11-12-24-22(16-21)13-14-33(6)29(24)27-19(4)18(3)15-26-28-31(34-30(26)27)25-10-8-7-9-23(25)20(5)32-28;1-17(2)19-10-12-22-20(15-19)13-14-31(4)27(22)25-18(3)9-11-24-26-29(32-28(24)25)23-8-6-5-7-21(23)16-30-26;1-16-11-12-21-23-26(20-10-6-4-8-18(20)15-27-23)29-25(21)22(16)24-19-9-5-3-7-17(19)13-14-28(24)2;1-15(2)18-12-13-28(5)22(14-18)23-16(3)10-11-21-24-26(29-25(21)23)20-9-7-6-8-19(20)17(4)27-24;1-14-11-12-18-21-23(17-9-5-4-8-16(17)15(2)24-21)26-22(18)20(14)19-10-6-7-13-25(19)3/h7-17H,1-6H3;5-17H,1-4H3;3-15H,1-2H3;6-15H,1-5H3;4-13H,1-3H3/q5*+1/i17D;;;1D3,15D;. The van der Waals surface area contributed by atoms with Gasteiger partial charge in [0.2, 0.25) is 28.5 Å². The van der Waals surface area contributed by atoms with Crippen LogP contribution < -0.4 is 22.8 Å². The lowest BCUT2D eigenvalue weighted by Crippen LogP contribution is -2.31. The van der Waals surface area contributed by atoms with Crippen molar-refractivity contribution in [2.45, 2.75) is 121 Å². The van der Waals surface area contributed by atoms with Gasteiger partial charge in [-0.25, -0.2) is 37.8 Å². The zero-order chi connectivity index (χ0) is 108. The highest BCUT2D eigenvalue weighted by atomic mass is 16.3. The summed E-state index contributed by atoms with van der Waals surface area (Å²) in [4.78, 5) is 24.3. The Hall–Kier alpha value is -17.6. The van der Waals surface area contributed by atoms with Crippen LogP contribution in [-0.4, -0.2) is 24.9 Å². The van der Waals surface area contributed by atoms with Crippen molar-refractivity contribution in [2.24, 2.45) is 35.2 Å². The molecule has 0 amide bonds. The van der Waals surface area contributed by atoms with Gasteiger partial charge in [-0.15, -0.1) is 0 Å². The van der Waals surface area contributed by atoms with E-state index in [0.717, 1.165) is 248 Å². The fourth-order valence-corrected chi connectivity index (χ4v) is 22.5. The first-order valence-corrected chi connectivity index (χ1v) is 51.3. The Bertz CT molecular complexity index is 10800. The molecule has 0 N–H and O–H groups in total. The summed E-state index contributed by atoms with van der Waals surface area (Å²) in [7, 11) is 10.3. The van der Waals surface area contributed by atoms with E-state index in [1.165, 1.54) is 67.5 Å². The molecular weight excluding hydrogens is 1840 g/mol. The minimum atomic E-state index is -2.45. The van der Waals surface area contributed by atoms with E-state index >= 15 is 0 Å². The number of furan rings is 5. The average Bonchev–Trinajstić information content (AvgIpc) is 1.69. The Morgan fingerprint density at radius 1 is 0.240 bits per heavy atom. The molecule has 28 aromatic rings. The van der Waals surface area contributed by atoms with Crippen LogP contribution in [-0.2, 0) is 35.2 Å². The molecule has 15 aromatic heterocycles. The summed E-state index contributed by atoms with van der Waals surface area (Å²) in [6, 6.07) is 98.4. The molecule has 1 atom stereocenters. The number of rotatable bonds is 8. The normalized spacial score (nSPS) is 12.9. The van der Waals surface area contributed by atoms with Gasteiger partial charge in [0.05, 0.1) is 44.0 Å². The van der Waals surface area contributed by atoms with Gasteiger partial charge in [0.15, 0.2) is 86.8 Å². The Balaban J connectivity index is 0.000000103. The lowest BCUT2D eigenvalue weighted by atomic mass is 9.92. The summed E-state index contributed by atoms with van der Waals surface area (Å²) in [6.07, 6.45) is 14.1. The predicted molar refractivity (Wildman–Crippen MR) is 616 cm³/mol. The number of fused-ring (bicyclic) bond motifs is 28. The molecule has 150 heavy (non-hydrogen) atoms. The Kier molecular flexibility index (Phi) is 22.2. The van der Waals surface area contributed by atoms with Crippen molar-refractivity contribution in [3.05, 3.63) is 396 Å². The van der Waals surface area contributed by atoms with Crippen LogP contribution in [0.5, 0.6) is 0 Å². The zero-order valence-corrected chi connectivity index (χ0v) is 87.8. The summed E-state index contributed by atoms with van der Waals surface area (Å²) in [6.45, 7) is 26.2. The average molecular weight is 1960 g/mol. The molecule has 1 unspecified atom stereocenters. The van der Waals surface area contributed by atoms with Crippen LogP contribution in [0.4, 0.5) is 0 Å². The summed E-state index contributed by atoms with van der Waals surface area (Å²) in [5, 5.41) is 23.2. The first-order valence-electron chi connectivity index (χ1n) is 53.8. The minimum absolute atomic E-state index is 0.433. The third kappa shape index (κ3) is 15.8. The lowest BCUT2D eigenvalue weighted by Gasteiger charge is -2.12. The SMILES string of the molecule is Cc1ccc2c(oc3c4ccccc4c(C)nc23)c1-c1cccc[n+]1C.Cc1ccc2c(oc3c4ccccc4cnc23)c1-c1c2ccc(C(C)C)cc2cc[n+]1C.Cc1ccc2c(oc3c4ccccc4cnc23)c1-c1c2ccccc2cc[n+]1C.[2H]C(C)(C)c1ccc2c(-c3c(C)c(C)cc4c3oc3c5ccccc5c(C)nc43)[n+](C)ccc2c1.[2H]C([2H])([2H])C([2H])(C)c1cc[n+](C)c(-c2c(C)ccc3c2oc2c4ccccc4c(C)nc32)c1. The van der Waals surface area contributed by atoms with Gasteiger partial charge in [0.25, 0.3) is 0 Å². The fourth-order valence-electron chi connectivity index (χ4n) is 22.5. The van der Waals surface area contributed by atoms with Crippen molar-refractivity contribution in [1.82, 2.24) is 24.9 Å². The van der Waals surface area contributed by atoms with Crippen LogP contribution in [0.25, 0.3) is 253 Å². The smallest absolute Gasteiger partial charge is 0.224 e. The number of pyridine rings is 10. The Labute approximate surface area is 876 Å². The molecule has 0 aliphatic heterocycles. The van der Waals surface area contributed by atoms with Crippen LogP contribution in [0.1, 0.15) is 133 Å². The number of hydrogen-bond acceptors (Lipinski definition) is 10. The Morgan fingerprint density at radius 3 is 1.03 bits per heavy atom. The highest BCUT2D eigenvalue weighted by molar-refractivity contribution is 6.22. The van der Waals surface area contributed by atoms with Crippen LogP contribution in [0.3, 0.4) is 0 Å². The van der Waals surface area contributed by atoms with Gasteiger partial charge in [0.1, 0.15) is 62.8 Å². The van der Waals surface area contributed by atoms with Gasteiger partial charge in [-0.3, -0.25) is 9.97 Å². The third-order valence-electron chi connectivity index (χ3n) is 30.7. The molecule has 0 saturated carbocycles. The van der Waals surface area contributed by atoms with E-state index in [1.54, 1.807) is 12.1 Å². The molecule has 0 saturated heterocycles. The van der Waals surface area contributed by atoms with Crippen LogP contribution in [0.2, 0.25) is 0 Å². The second kappa shape index (κ2) is 37.4. The van der Waals surface area contributed by atoms with Crippen molar-refractivity contribution < 1.29 is 51.8 Å². The first-order chi connectivity index (χ1) is 74.5. The molecule has 0 fully saturated rings. The van der Waals surface area contributed by atoms with Crippen LogP contribution in [0, 0.1) is 62.3 Å². The molecule has 13 aromatic carbocycles. The van der Waals surface area contributed by atoms with Crippen molar-refractivity contribution in [1.29, 1.82) is 0 Å². The molecule has 732 valence electrons. The number of benzene rings is 13. The van der Waals surface area contributed by atoms with Gasteiger partial charge in [-0.1, -0.05) is 230 Å². The zero-order valence-electron chi connectivity index (χ0n) is 92.8. The second-order valence-corrected chi connectivity index (χ2v) is 40.9. The van der Waals surface area contributed by atoms with Crippen molar-refractivity contribution in [3.8, 4) is 56.3 Å². The van der Waals surface area contributed by atoms with E-state index in [1.807, 2.05) is 131 Å². The maximum absolute atomic E-state index is 8.56. The van der Waals surface area contributed by atoms with Gasteiger partial charge in [-0.2, -0.15) is 0 Å². The number of nitrogens with zero attached hydrogens (tertiary/aromatic N) is 10.